The van der Waals surface area contributed by atoms with E-state index in [1.165, 1.54) is 0 Å². The number of hydrogen-bond donors (Lipinski definition) is 0. The number of hydrogen-bond acceptors (Lipinski definition) is 4. The molecule has 0 atom stereocenters. The summed E-state index contributed by atoms with van der Waals surface area (Å²) >= 11 is 6.35. The van der Waals surface area contributed by atoms with Crippen molar-refractivity contribution < 1.29 is 9.53 Å². The van der Waals surface area contributed by atoms with E-state index < -0.39 is 0 Å². The minimum absolute atomic E-state index is 0.0990. The first-order chi connectivity index (χ1) is 15.6. The summed E-state index contributed by atoms with van der Waals surface area (Å²) in [5.41, 5.74) is 4.14. The predicted octanol–water partition coefficient (Wildman–Crippen LogP) is 3.78. The van der Waals surface area contributed by atoms with E-state index in [-0.39, 0.29) is 11.5 Å². The Morgan fingerprint density at radius 2 is 1.78 bits per heavy atom. The number of rotatable bonds is 3. The molecule has 3 heterocycles. The van der Waals surface area contributed by atoms with Crippen LogP contribution in [0.15, 0.2) is 59.4 Å². The number of aromatic nitrogens is 1. The summed E-state index contributed by atoms with van der Waals surface area (Å²) in [5.74, 6) is -0.0990. The largest absolute Gasteiger partial charge is 0.378 e. The molecule has 7 heteroatoms. The van der Waals surface area contributed by atoms with E-state index in [2.05, 4.69) is 0 Å². The van der Waals surface area contributed by atoms with Gasteiger partial charge in [0.1, 0.15) is 0 Å². The van der Waals surface area contributed by atoms with Gasteiger partial charge < -0.3 is 14.6 Å². The Hall–Kier alpha value is -3.09. The quantitative estimate of drug-likeness (QED) is 0.610. The maximum atomic E-state index is 13.8. The van der Waals surface area contributed by atoms with Crippen molar-refractivity contribution in [2.75, 3.05) is 37.9 Å². The topological polar surface area (TPSA) is 54.8 Å². The van der Waals surface area contributed by atoms with Gasteiger partial charge in [0.25, 0.3) is 11.5 Å². The molecule has 3 aromatic rings. The van der Waals surface area contributed by atoms with Gasteiger partial charge in [-0.2, -0.15) is 0 Å². The smallest absolute Gasteiger partial charge is 0.277 e. The van der Waals surface area contributed by atoms with Crippen LogP contribution in [0.2, 0.25) is 5.02 Å². The van der Waals surface area contributed by atoms with Crippen LogP contribution in [0.4, 0.5) is 0 Å². The third kappa shape index (κ3) is 3.49. The van der Waals surface area contributed by atoms with Gasteiger partial charge in [0.2, 0.25) is 0 Å². The van der Waals surface area contributed by atoms with Crippen LogP contribution in [0.25, 0.3) is 22.4 Å². The van der Waals surface area contributed by atoms with Gasteiger partial charge in [-0.05, 0) is 36.2 Å². The van der Waals surface area contributed by atoms with Gasteiger partial charge in [0.05, 0.1) is 31.0 Å². The van der Waals surface area contributed by atoms with Crippen LogP contribution in [0, 0.1) is 0 Å². The second-order valence-electron chi connectivity index (χ2n) is 7.99. The molecule has 6 nitrogen and oxygen atoms in total. The molecule has 0 aliphatic carbocycles. The minimum atomic E-state index is -0.141. The summed E-state index contributed by atoms with van der Waals surface area (Å²) in [6, 6.07) is 16.9. The number of benzene rings is 2. The van der Waals surface area contributed by atoms with Crippen LogP contribution in [0.3, 0.4) is 0 Å². The summed E-state index contributed by atoms with van der Waals surface area (Å²) in [4.78, 5) is 29.3. The highest BCUT2D eigenvalue weighted by Crippen LogP contribution is 2.35. The second kappa shape index (κ2) is 8.45. The van der Waals surface area contributed by atoms with E-state index in [0.717, 1.165) is 16.7 Å². The number of nitrogens with zero attached hydrogens (tertiary/aromatic N) is 3. The fraction of sp³-hybridized carbons (Fsp3) is 0.280. The Morgan fingerprint density at radius 1 is 1.03 bits per heavy atom. The monoisotopic (exact) mass is 449 g/mol. The lowest BCUT2D eigenvalue weighted by Crippen LogP contribution is -2.47. The first-order valence-corrected chi connectivity index (χ1v) is 11.2. The molecule has 1 fully saturated rings. The molecule has 0 N–H and O–H groups in total. The maximum absolute atomic E-state index is 13.8. The number of pyridine rings is 1. The van der Waals surface area contributed by atoms with E-state index in [1.807, 2.05) is 60.5 Å². The van der Waals surface area contributed by atoms with Crippen LogP contribution in [-0.4, -0.2) is 48.3 Å². The summed E-state index contributed by atoms with van der Waals surface area (Å²) in [6.45, 7) is 5.27. The number of ether oxygens (including phenoxy) is 1. The number of halogens is 1. The van der Waals surface area contributed by atoms with Crippen molar-refractivity contribution in [3.63, 3.8) is 0 Å². The standard InChI is InChI=1S/C25H24ClN3O3/c1-2-28-16-18-8-9-19(26)14-20(18)23-22(24(30)27-10-12-32-13-11-27)15-21(25(31)29(23)28)17-6-4-3-5-7-17/h3-9,14-15H,2,10-13,16H2,1H3. The molecule has 0 bridgehead atoms. The van der Waals surface area contributed by atoms with Crippen molar-refractivity contribution in [3.8, 4) is 22.4 Å². The lowest BCUT2D eigenvalue weighted by Gasteiger charge is -2.36. The third-order valence-electron chi connectivity index (χ3n) is 6.12. The highest BCUT2D eigenvalue weighted by Gasteiger charge is 2.31. The Bertz CT molecular complexity index is 1230. The summed E-state index contributed by atoms with van der Waals surface area (Å²) in [7, 11) is 0. The average Bonchev–Trinajstić information content (AvgIpc) is 2.84. The Labute approximate surface area is 191 Å². The highest BCUT2D eigenvalue weighted by molar-refractivity contribution is 6.31. The molecule has 2 aromatic carbocycles. The molecule has 32 heavy (non-hydrogen) atoms. The molecule has 0 saturated carbocycles. The Kier molecular flexibility index (Phi) is 5.49. The molecule has 0 spiro atoms. The van der Waals surface area contributed by atoms with Gasteiger partial charge >= 0.3 is 0 Å². The number of carbonyl (C=O) groups is 1. The molecule has 5 rings (SSSR count). The molecular formula is C25H24ClN3O3. The van der Waals surface area contributed by atoms with Gasteiger partial charge in [-0.1, -0.05) is 48.0 Å². The van der Waals surface area contributed by atoms with E-state index in [0.29, 0.717) is 61.2 Å². The summed E-state index contributed by atoms with van der Waals surface area (Å²) in [5, 5.41) is 2.56. The zero-order valence-corrected chi connectivity index (χ0v) is 18.6. The van der Waals surface area contributed by atoms with Crippen molar-refractivity contribution >= 4 is 17.5 Å². The zero-order chi connectivity index (χ0) is 22.2. The molecule has 2 aliphatic heterocycles. The fourth-order valence-electron chi connectivity index (χ4n) is 4.49. The average molecular weight is 450 g/mol. The third-order valence-corrected chi connectivity index (χ3v) is 6.35. The van der Waals surface area contributed by atoms with Crippen LogP contribution in [0.5, 0.6) is 0 Å². The molecule has 0 radical (unpaired) electrons. The van der Waals surface area contributed by atoms with Crippen LogP contribution in [0.1, 0.15) is 22.8 Å². The van der Waals surface area contributed by atoms with E-state index in [9.17, 15) is 9.59 Å². The highest BCUT2D eigenvalue weighted by atomic mass is 35.5. The Balaban J connectivity index is 1.82. The van der Waals surface area contributed by atoms with Crippen molar-refractivity contribution in [2.45, 2.75) is 13.5 Å². The molecule has 2 aliphatic rings. The number of morpholine rings is 1. The van der Waals surface area contributed by atoms with Crippen LogP contribution < -0.4 is 10.6 Å². The summed E-state index contributed by atoms with van der Waals surface area (Å²) in [6.07, 6.45) is 0. The molecule has 1 amide bonds. The number of fused-ring (bicyclic) bond motifs is 3. The molecular weight excluding hydrogens is 426 g/mol. The van der Waals surface area contributed by atoms with Crippen molar-refractivity contribution in [1.82, 2.24) is 9.58 Å². The molecule has 1 aromatic heterocycles. The van der Waals surface area contributed by atoms with Crippen LogP contribution in [-0.2, 0) is 11.3 Å². The predicted molar refractivity (Wildman–Crippen MR) is 126 cm³/mol. The lowest BCUT2D eigenvalue weighted by molar-refractivity contribution is 0.0303. The molecule has 1 saturated heterocycles. The first-order valence-electron chi connectivity index (χ1n) is 10.8. The van der Waals surface area contributed by atoms with Gasteiger partial charge in [0.15, 0.2) is 0 Å². The maximum Gasteiger partial charge on any atom is 0.277 e. The zero-order valence-electron chi connectivity index (χ0n) is 17.9. The Morgan fingerprint density at radius 3 is 2.50 bits per heavy atom. The van der Waals surface area contributed by atoms with Gasteiger partial charge in [-0.25, -0.2) is 4.68 Å². The summed E-state index contributed by atoms with van der Waals surface area (Å²) < 4.78 is 7.12. The van der Waals surface area contributed by atoms with E-state index in [1.54, 1.807) is 15.6 Å². The van der Waals surface area contributed by atoms with Gasteiger partial charge in [-0.3, -0.25) is 9.59 Å². The van der Waals surface area contributed by atoms with Gasteiger partial charge in [-0.15, -0.1) is 0 Å². The molecule has 164 valence electrons. The van der Waals surface area contributed by atoms with E-state index >= 15 is 0 Å². The van der Waals surface area contributed by atoms with Crippen LogP contribution >= 0.6 is 11.6 Å². The normalized spacial score (nSPS) is 15.3. The molecule has 0 unspecified atom stereocenters. The van der Waals surface area contributed by atoms with E-state index in [4.69, 9.17) is 16.3 Å². The second-order valence-corrected chi connectivity index (χ2v) is 8.43. The SMILES string of the molecule is CCN1Cc2ccc(Cl)cc2-c2c(C(=O)N3CCOCC3)cc(-c3ccccc3)c(=O)n21. The number of amides is 1. The first kappa shape index (κ1) is 20.8. The van der Waals surface area contributed by atoms with Crippen molar-refractivity contribution in [3.05, 3.63) is 81.1 Å². The fourth-order valence-corrected chi connectivity index (χ4v) is 4.66. The van der Waals surface area contributed by atoms with Crippen molar-refractivity contribution in [2.24, 2.45) is 0 Å². The lowest BCUT2D eigenvalue weighted by atomic mass is 9.94. The number of carbonyl (C=O) groups excluding carboxylic acids is 1. The van der Waals surface area contributed by atoms with Gasteiger partial charge in [0, 0.05) is 35.8 Å². The van der Waals surface area contributed by atoms with Crippen molar-refractivity contribution in [1.29, 1.82) is 0 Å². The minimum Gasteiger partial charge on any atom is -0.378 e.